The smallest absolute Gasteiger partial charge is 0.120 e. The van der Waals surface area contributed by atoms with Crippen molar-refractivity contribution in [2.75, 3.05) is 6.61 Å². The first-order valence-electron chi connectivity index (χ1n) is 5.58. The number of phenolic OH excluding ortho intramolecular Hbond substituents is 1. The summed E-state index contributed by atoms with van der Waals surface area (Å²) in [7, 11) is 0. The summed E-state index contributed by atoms with van der Waals surface area (Å²) in [4.78, 5) is 0. The summed E-state index contributed by atoms with van der Waals surface area (Å²) in [5.74, 6) is 0.952. The Morgan fingerprint density at radius 1 is 1.11 bits per heavy atom. The molecule has 2 aromatic rings. The standard InChI is InChI=1S/C14H14BrNO2/c15-10-5-7-11(8-6-10)18-9-13(16)12-3-1-2-4-14(12)17/h1-8,13,17H,9,16H2. The molecule has 3 nitrogen and oxygen atoms in total. The first kappa shape index (κ1) is 12.9. The number of para-hydroxylation sites is 1. The van der Waals surface area contributed by atoms with Gasteiger partial charge in [-0.25, -0.2) is 0 Å². The van der Waals surface area contributed by atoms with Crippen LogP contribution in [0.3, 0.4) is 0 Å². The third-order valence-corrected chi connectivity index (χ3v) is 3.11. The molecule has 18 heavy (non-hydrogen) atoms. The maximum absolute atomic E-state index is 9.67. The number of benzene rings is 2. The molecule has 0 aromatic heterocycles. The molecule has 0 saturated carbocycles. The van der Waals surface area contributed by atoms with Crippen molar-refractivity contribution in [2.45, 2.75) is 6.04 Å². The van der Waals surface area contributed by atoms with Gasteiger partial charge in [-0.05, 0) is 30.3 Å². The molecule has 0 fully saturated rings. The number of ether oxygens (including phenoxy) is 1. The van der Waals surface area contributed by atoms with E-state index in [0.717, 1.165) is 10.2 Å². The number of rotatable bonds is 4. The molecule has 1 unspecified atom stereocenters. The van der Waals surface area contributed by atoms with Crippen molar-refractivity contribution >= 4 is 15.9 Å². The van der Waals surface area contributed by atoms with Crippen LogP contribution in [0, 0.1) is 0 Å². The summed E-state index contributed by atoms with van der Waals surface area (Å²) >= 11 is 3.36. The highest BCUT2D eigenvalue weighted by atomic mass is 79.9. The van der Waals surface area contributed by atoms with Crippen LogP contribution >= 0.6 is 15.9 Å². The van der Waals surface area contributed by atoms with E-state index in [2.05, 4.69) is 15.9 Å². The molecule has 94 valence electrons. The van der Waals surface area contributed by atoms with E-state index >= 15 is 0 Å². The molecule has 2 rings (SSSR count). The number of nitrogens with two attached hydrogens (primary N) is 1. The van der Waals surface area contributed by atoms with Crippen LogP contribution in [0.2, 0.25) is 0 Å². The molecule has 0 amide bonds. The highest BCUT2D eigenvalue weighted by Crippen LogP contribution is 2.23. The van der Waals surface area contributed by atoms with Gasteiger partial charge in [-0.15, -0.1) is 0 Å². The summed E-state index contributed by atoms with van der Waals surface area (Å²) in [6.45, 7) is 0.319. The summed E-state index contributed by atoms with van der Waals surface area (Å²) in [6.07, 6.45) is 0. The average Bonchev–Trinajstić information content (AvgIpc) is 2.38. The second-order valence-corrected chi connectivity index (χ2v) is 4.85. The lowest BCUT2D eigenvalue weighted by atomic mass is 10.1. The van der Waals surface area contributed by atoms with E-state index in [4.69, 9.17) is 10.5 Å². The van der Waals surface area contributed by atoms with Crippen LogP contribution in [0.15, 0.2) is 53.0 Å². The molecule has 1 atom stereocenters. The van der Waals surface area contributed by atoms with E-state index < -0.39 is 0 Å². The van der Waals surface area contributed by atoms with Gasteiger partial charge < -0.3 is 15.6 Å². The molecule has 0 saturated heterocycles. The maximum atomic E-state index is 9.67. The van der Waals surface area contributed by atoms with E-state index in [0.29, 0.717) is 12.2 Å². The highest BCUT2D eigenvalue weighted by Gasteiger charge is 2.10. The SMILES string of the molecule is NC(COc1ccc(Br)cc1)c1ccccc1O. The van der Waals surface area contributed by atoms with Gasteiger partial charge in [-0.1, -0.05) is 34.1 Å². The van der Waals surface area contributed by atoms with Crippen molar-refractivity contribution in [2.24, 2.45) is 5.73 Å². The van der Waals surface area contributed by atoms with E-state index in [1.807, 2.05) is 30.3 Å². The van der Waals surface area contributed by atoms with E-state index in [1.54, 1.807) is 18.2 Å². The molecule has 0 aliphatic heterocycles. The molecule has 2 aromatic carbocycles. The predicted molar refractivity (Wildman–Crippen MR) is 74.7 cm³/mol. The zero-order chi connectivity index (χ0) is 13.0. The minimum atomic E-state index is -0.352. The largest absolute Gasteiger partial charge is 0.508 e. The van der Waals surface area contributed by atoms with Gasteiger partial charge in [0.15, 0.2) is 0 Å². The second kappa shape index (κ2) is 5.89. The monoisotopic (exact) mass is 307 g/mol. The van der Waals surface area contributed by atoms with Gasteiger partial charge in [-0.2, -0.15) is 0 Å². The molecular formula is C14H14BrNO2. The van der Waals surface area contributed by atoms with Gasteiger partial charge in [0.1, 0.15) is 18.1 Å². The maximum Gasteiger partial charge on any atom is 0.120 e. The van der Waals surface area contributed by atoms with Crippen LogP contribution in [0.1, 0.15) is 11.6 Å². The molecule has 4 heteroatoms. The molecule has 0 bridgehead atoms. The van der Waals surface area contributed by atoms with Crippen molar-refractivity contribution in [3.05, 3.63) is 58.6 Å². The fourth-order valence-corrected chi connectivity index (χ4v) is 1.87. The van der Waals surface area contributed by atoms with E-state index in [1.165, 1.54) is 0 Å². The zero-order valence-corrected chi connectivity index (χ0v) is 11.3. The third kappa shape index (κ3) is 3.24. The number of hydrogen-bond acceptors (Lipinski definition) is 3. The van der Waals surface area contributed by atoms with Crippen molar-refractivity contribution in [1.29, 1.82) is 0 Å². The Labute approximate surface area is 114 Å². The molecular weight excluding hydrogens is 294 g/mol. The Morgan fingerprint density at radius 2 is 1.78 bits per heavy atom. The lowest BCUT2D eigenvalue weighted by molar-refractivity contribution is 0.287. The van der Waals surface area contributed by atoms with Crippen LogP contribution in [-0.4, -0.2) is 11.7 Å². The molecule has 0 heterocycles. The number of aromatic hydroxyl groups is 1. The van der Waals surface area contributed by atoms with E-state index in [9.17, 15) is 5.11 Å². The molecule has 3 N–H and O–H groups in total. The Kier molecular flexibility index (Phi) is 4.23. The van der Waals surface area contributed by atoms with Crippen molar-refractivity contribution in [3.8, 4) is 11.5 Å². The van der Waals surface area contributed by atoms with Crippen molar-refractivity contribution < 1.29 is 9.84 Å². The normalized spacial score (nSPS) is 12.1. The Bertz CT molecular complexity index is 513. The van der Waals surface area contributed by atoms with Crippen LogP contribution in [0.25, 0.3) is 0 Å². The summed E-state index contributed by atoms with van der Waals surface area (Å²) in [5, 5.41) is 9.67. The van der Waals surface area contributed by atoms with Crippen molar-refractivity contribution in [1.82, 2.24) is 0 Å². The van der Waals surface area contributed by atoms with Gasteiger partial charge in [0.25, 0.3) is 0 Å². The second-order valence-electron chi connectivity index (χ2n) is 3.93. The number of hydrogen-bond donors (Lipinski definition) is 2. The average molecular weight is 308 g/mol. The molecule has 0 aliphatic carbocycles. The first-order chi connectivity index (χ1) is 8.66. The van der Waals surface area contributed by atoms with Gasteiger partial charge in [-0.3, -0.25) is 0 Å². The van der Waals surface area contributed by atoms with Gasteiger partial charge in [0.2, 0.25) is 0 Å². The predicted octanol–water partition coefficient (Wildman–Crippen LogP) is 3.23. The number of halogens is 1. The topological polar surface area (TPSA) is 55.5 Å². The van der Waals surface area contributed by atoms with Gasteiger partial charge >= 0.3 is 0 Å². The Morgan fingerprint density at radius 3 is 2.44 bits per heavy atom. The van der Waals surface area contributed by atoms with Crippen LogP contribution in [0.4, 0.5) is 0 Å². The van der Waals surface area contributed by atoms with Crippen LogP contribution in [0.5, 0.6) is 11.5 Å². The van der Waals surface area contributed by atoms with Crippen molar-refractivity contribution in [3.63, 3.8) is 0 Å². The highest BCUT2D eigenvalue weighted by molar-refractivity contribution is 9.10. The summed E-state index contributed by atoms with van der Waals surface area (Å²) in [6, 6.07) is 14.2. The fourth-order valence-electron chi connectivity index (χ4n) is 1.61. The minimum absolute atomic E-state index is 0.199. The molecule has 0 aliphatic rings. The summed E-state index contributed by atoms with van der Waals surface area (Å²) < 4.78 is 6.58. The minimum Gasteiger partial charge on any atom is -0.508 e. The van der Waals surface area contributed by atoms with E-state index in [-0.39, 0.29) is 11.8 Å². The quantitative estimate of drug-likeness (QED) is 0.912. The van der Waals surface area contributed by atoms with Gasteiger partial charge in [0, 0.05) is 10.0 Å². The first-order valence-corrected chi connectivity index (χ1v) is 6.38. The lowest BCUT2D eigenvalue weighted by Crippen LogP contribution is -2.19. The number of phenols is 1. The molecule has 0 spiro atoms. The zero-order valence-electron chi connectivity index (χ0n) is 9.71. The van der Waals surface area contributed by atoms with Crippen LogP contribution < -0.4 is 10.5 Å². The van der Waals surface area contributed by atoms with Gasteiger partial charge in [0.05, 0.1) is 6.04 Å². The van der Waals surface area contributed by atoms with Crippen LogP contribution in [-0.2, 0) is 0 Å². The summed E-state index contributed by atoms with van der Waals surface area (Å²) in [5.41, 5.74) is 6.67. The third-order valence-electron chi connectivity index (χ3n) is 2.58. The Balaban J connectivity index is 1.98. The Hall–Kier alpha value is -1.52. The lowest BCUT2D eigenvalue weighted by Gasteiger charge is -2.14. The molecule has 0 radical (unpaired) electrons. The fraction of sp³-hybridized carbons (Fsp3) is 0.143.